The number of carbonyl (C=O) groups is 1. The van der Waals surface area contributed by atoms with Gasteiger partial charge >= 0.3 is 5.97 Å². The van der Waals surface area contributed by atoms with Crippen molar-refractivity contribution in [3.05, 3.63) is 40.2 Å². The summed E-state index contributed by atoms with van der Waals surface area (Å²) in [5.74, 6) is -0.569. The Morgan fingerprint density at radius 1 is 1.47 bits per heavy atom. The van der Waals surface area contributed by atoms with Crippen LogP contribution in [-0.4, -0.2) is 27.3 Å². The minimum absolute atomic E-state index is 0.136. The van der Waals surface area contributed by atoms with Crippen molar-refractivity contribution in [1.82, 2.24) is 10.2 Å². The van der Waals surface area contributed by atoms with Gasteiger partial charge in [-0.05, 0) is 31.4 Å². The lowest BCUT2D eigenvalue weighted by Crippen LogP contribution is -2.32. The predicted molar refractivity (Wildman–Crippen MR) is 74.6 cm³/mol. The molecule has 2 rings (SSSR count). The first-order valence-electron chi connectivity index (χ1n) is 5.93. The maximum Gasteiger partial charge on any atom is 0.339 e. The lowest BCUT2D eigenvalue weighted by molar-refractivity contribution is 0.0697. The second kappa shape index (κ2) is 5.79. The predicted octanol–water partition coefficient (Wildman–Crippen LogP) is 2.65. The summed E-state index contributed by atoms with van der Waals surface area (Å²) in [6, 6.07) is 5.62. The zero-order valence-electron chi connectivity index (χ0n) is 10.8. The van der Waals surface area contributed by atoms with Gasteiger partial charge in [0.2, 0.25) is 0 Å². The molecule has 0 aliphatic rings. The van der Waals surface area contributed by atoms with Crippen molar-refractivity contribution in [2.75, 3.05) is 4.90 Å². The molecule has 0 fully saturated rings. The van der Waals surface area contributed by atoms with Gasteiger partial charge in [-0.25, -0.2) is 4.79 Å². The zero-order chi connectivity index (χ0) is 13.8. The van der Waals surface area contributed by atoms with E-state index >= 15 is 0 Å². The maximum absolute atomic E-state index is 11.3. The van der Waals surface area contributed by atoms with E-state index in [1.165, 1.54) is 12.3 Å². The van der Waals surface area contributed by atoms with Crippen molar-refractivity contribution in [2.45, 2.75) is 26.4 Å². The van der Waals surface area contributed by atoms with Gasteiger partial charge in [0, 0.05) is 10.9 Å². The Kier molecular flexibility index (Phi) is 4.11. The minimum atomic E-state index is -0.985. The molecule has 2 aromatic heterocycles. The standard InChI is InChI=1S/C13H15N3O2S/c1-9(2)16(8-10-4-3-7-19-10)12-11(13(17)18)5-6-14-15-12/h3-7,9H,8H2,1-2H3,(H,17,18). The van der Waals surface area contributed by atoms with Crippen LogP contribution in [0.1, 0.15) is 29.1 Å². The van der Waals surface area contributed by atoms with Crippen LogP contribution >= 0.6 is 11.3 Å². The second-order valence-electron chi connectivity index (χ2n) is 4.37. The Balaban J connectivity index is 2.36. The number of thiophene rings is 1. The number of nitrogens with zero attached hydrogens (tertiary/aromatic N) is 3. The van der Waals surface area contributed by atoms with E-state index in [4.69, 9.17) is 0 Å². The van der Waals surface area contributed by atoms with E-state index in [1.807, 2.05) is 36.3 Å². The minimum Gasteiger partial charge on any atom is -0.478 e. The summed E-state index contributed by atoms with van der Waals surface area (Å²) in [7, 11) is 0. The molecular formula is C13H15N3O2S. The van der Waals surface area contributed by atoms with Crippen molar-refractivity contribution in [3.63, 3.8) is 0 Å². The van der Waals surface area contributed by atoms with E-state index in [9.17, 15) is 9.90 Å². The average molecular weight is 277 g/mol. The Hall–Kier alpha value is -1.95. The van der Waals surface area contributed by atoms with Gasteiger partial charge in [0.25, 0.3) is 0 Å². The van der Waals surface area contributed by atoms with Crippen molar-refractivity contribution < 1.29 is 9.90 Å². The summed E-state index contributed by atoms with van der Waals surface area (Å²) in [5.41, 5.74) is 0.181. The first-order chi connectivity index (χ1) is 9.09. The van der Waals surface area contributed by atoms with Crippen molar-refractivity contribution in [2.24, 2.45) is 0 Å². The Morgan fingerprint density at radius 3 is 2.84 bits per heavy atom. The molecule has 100 valence electrons. The Bertz CT molecular complexity index is 555. The molecule has 2 aromatic rings. The Morgan fingerprint density at radius 2 is 2.26 bits per heavy atom. The highest BCUT2D eigenvalue weighted by Crippen LogP contribution is 2.23. The van der Waals surface area contributed by atoms with Gasteiger partial charge in [-0.3, -0.25) is 0 Å². The summed E-state index contributed by atoms with van der Waals surface area (Å²) < 4.78 is 0. The van der Waals surface area contributed by atoms with Gasteiger partial charge in [0.05, 0.1) is 12.7 Å². The van der Waals surface area contributed by atoms with Crippen LogP contribution in [0.5, 0.6) is 0 Å². The van der Waals surface area contributed by atoms with E-state index in [1.54, 1.807) is 11.3 Å². The van der Waals surface area contributed by atoms with Gasteiger partial charge in [-0.2, -0.15) is 5.10 Å². The molecule has 0 spiro atoms. The molecule has 0 atom stereocenters. The van der Waals surface area contributed by atoms with Crippen LogP contribution in [0.15, 0.2) is 29.8 Å². The summed E-state index contributed by atoms with van der Waals surface area (Å²) in [4.78, 5) is 14.4. The molecule has 0 bridgehead atoms. The highest BCUT2D eigenvalue weighted by atomic mass is 32.1. The van der Waals surface area contributed by atoms with Gasteiger partial charge in [0.1, 0.15) is 5.56 Å². The van der Waals surface area contributed by atoms with Crippen LogP contribution in [0, 0.1) is 0 Å². The molecule has 0 aliphatic heterocycles. The third-order valence-corrected chi connectivity index (χ3v) is 3.59. The normalized spacial score (nSPS) is 10.7. The van der Waals surface area contributed by atoms with Gasteiger partial charge in [-0.15, -0.1) is 16.4 Å². The number of carboxylic acid groups (broad SMARTS) is 1. The van der Waals surface area contributed by atoms with Crippen LogP contribution < -0.4 is 4.90 Å². The van der Waals surface area contributed by atoms with Gasteiger partial charge < -0.3 is 10.0 Å². The number of hydrogen-bond donors (Lipinski definition) is 1. The van der Waals surface area contributed by atoms with Gasteiger partial charge in [-0.1, -0.05) is 6.07 Å². The van der Waals surface area contributed by atoms with Crippen molar-refractivity contribution >= 4 is 23.1 Å². The summed E-state index contributed by atoms with van der Waals surface area (Å²) in [6.45, 7) is 4.65. The molecule has 0 unspecified atom stereocenters. The summed E-state index contributed by atoms with van der Waals surface area (Å²) in [6.07, 6.45) is 1.40. The van der Waals surface area contributed by atoms with E-state index in [-0.39, 0.29) is 11.6 Å². The molecular weight excluding hydrogens is 262 g/mol. The number of hydrogen-bond acceptors (Lipinski definition) is 5. The molecule has 19 heavy (non-hydrogen) atoms. The number of carboxylic acids is 1. The third kappa shape index (κ3) is 3.08. The van der Waals surface area contributed by atoms with E-state index in [0.29, 0.717) is 12.4 Å². The lowest BCUT2D eigenvalue weighted by Gasteiger charge is -2.27. The summed E-state index contributed by atoms with van der Waals surface area (Å²) in [5, 5.41) is 19.0. The van der Waals surface area contributed by atoms with Crippen LogP contribution in [0.25, 0.3) is 0 Å². The Labute approximate surface area is 115 Å². The second-order valence-corrected chi connectivity index (χ2v) is 5.41. The molecule has 0 saturated heterocycles. The molecule has 2 heterocycles. The first kappa shape index (κ1) is 13.5. The van der Waals surface area contributed by atoms with E-state index < -0.39 is 5.97 Å². The molecule has 6 heteroatoms. The number of anilines is 1. The monoisotopic (exact) mass is 277 g/mol. The fraction of sp³-hybridized carbons (Fsp3) is 0.308. The fourth-order valence-corrected chi connectivity index (χ4v) is 2.48. The van der Waals surface area contributed by atoms with Crippen LogP contribution in [-0.2, 0) is 6.54 Å². The average Bonchev–Trinajstić information content (AvgIpc) is 2.88. The number of rotatable bonds is 5. The molecule has 0 amide bonds. The zero-order valence-corrected chi connectivity index (χ0v) is 11.6. The van der Waals surface area contributed by atoms with Crippen molar-refractivity contribution in [3.8, 4) is 0 Å². The third-order valence-electron chi connectivity index (χ3n) is 2.73. The highest BCUT2D eigenvalue weighted by Gasteiger charge is 2.20. The smallest absolute Gasteiger partial charge is 0.339 e. The highest BCUT2D eigenvalue weighted by molar-refractivity contribution is 7.09. The van der Waals surface area contributed by atoms with Crippen LogP contribution in [0.3, 0.4) is 0 Å². The largest absolute Gasteiger partial charge is 0.478 e. The molecule has 1 N–H and O–H groups in total. The number of aromatic nitrogens is 2. The lowest BCUT2D eigenvalue weighted by atomic mass is 10.2. The number of aromatic carboxylic acids is 1. The topological polar surface area (TPSA) is 66.3 Å². The van der Waals surface area contributed by atoms with Crippen LogP contribution in [0.4, 0.5) is 5.82 Å². The van der Waals surface area contributed by atoms with Crippen LogP contribution in [0.2, 0.25) is 0 Å². The van der Waals surface area contributed by atoms with Gasteiger partial charge in [0.15, 0.2) is 5.82 Å². The quantitative estimate of drug-likeness (QED) is 0.910. The maximum atomic E-state index is 11.3. The SMILES string of the molecule is CC(C)N(Cc1cccs1)c1nnccc1C(=O)O. The van der Waals surface area contributed by atoms with E-state index in [0.717, 1.165) is 4.88 Å². The first-order valence-corrected chi connectivity index (χ1v) is 6.81. The molecule has 0 radical (unpaired) electrons. The van der Waals surface area contributed by atoms with E-state index in [2.05, 4.69) is 10.2 Å². The molecule has 0 aliphatic carbocycles. The molecule has 5 nitrogen and oxygen atoms in total. The summed E-state index contributed by atoms with van der Waals surface area (Å²) >= 11 is 1.64. The molecule has 0 aromatic carbocycles. The van der Waals surface area contributed by atoms with Crippen molar-refractivity contribution in [1.29, 1.82) is 0 Å². The molecule has 0 saturated carbocycles. The fourth-order valence-electron chi connectivity index (χ4n) is 1.78.